The van der Waals surface area contributed by atoms with Crippen molar-refractivity contribution in [2.75, 3.05) is 26.5 Å². The number of nitrogens with zero attached hydrogens (tertiary/aromatic N) is 3. The molecule has 1 saturated heterocycles. The molecular formula is C28H27N3O3S. The van der Waals surface area contributed by atoms with Gasteiger partial charge in [-0.25, -0.2) is 4.68 Å². The van der Waals surface area contributed by atoms with E-state index in [1.165, 1.54) is 5.56 Å². The van der Waals surface area contributed by atoms with Gasteiger partial charge < -0.3 is 14.4 Å². The van der Waals surface area contributed by atoms with Gasteiger partial charge in [-0.1, -0.05) is 30.3 Å². The molecule has 4 aromatic rings. The number of carbonyl (C=O) groups is 1. The third-order valence-electron chi connectivity index (χ3n) is 6.16. The molecule has 6 nitrogen and oxygen atoms in total. The van der Waals surface area contributed by atoms with Gasteiger partial charge in [-0.05, 0) is 60.5 Å². The predicted molar refractivity (Wildman–Crippen MR) is 139 cm³/mol. The van der Waals surface area contributed by atoms with Crippen LogP contribution in [0.15, 0.2) is 85.1 Å². The van der Waals surface area contributed by atoms with E-state index < -0.39 is 0 Å². The van der Waals surface area contributed by atoms with E-state index in [0.29, 0.717) is 12.3 Å². The molecule has 5 rings (SSSR count). The lowest BCUT2D eigenvalue weighted by atomic mass is 10.1. The smallest absolute Gasteiger partial charge is 0.233 e. The number of hydrogen-bond acceptors (Lipinski definition) is 5. The van der Waals surface area contributed by atoms with Crippen molar-refractivity contribution in [3.05, 3.63) is 96.2 Å². The Bertz CT molecular complexity index is 1290. The molecule has 1 fully saturated rings. The molecule has 35 heavy (non-hydrogen) atoms. The maximum atomic E-state index is 12.9. The first-order valence-electron chi connectivity index (χ1n) is 11.5. The number of para-hydroxylation sites is 1. The van der Waals surface area contributed by atoms with E-state index >= 15 is 0 Å². The first-order chi connectivity index (χ1) is 17.2. The average Bonchev–Trinajstić information content (AvgIpc) is 3.52. The zero-order valence-electron chi connectivity index (χ0n) is 19.8. The summed E-state index contributed by atoms with van der Waals surface area (Å²) in [5.74, 6) is 2.24. The van der Waals surface area contributed by atoms with E-state index in [0.717, 1.165) is 40.4 Å². The van der Waals surface area contributed by atoms with E-state index in [4.69, 9.17) is 14.6 Å². The third-order valence-corrected chi connectivity index (χ3v) is 7.40. The first-order valence-corrected chi connectivity index (χ1v) is 12.5. The highest BCUT2D eigenvalue weighted by Crippen LogP contribution is 2.43. The standard InChI is InChI=1S/C28H27N3O3S/c1-33-23-12-8-20(9-13-23)16-17-30-26(32)19-35-28(30)25-18-31(22-6-4-3-5-7-22)29-27(25)21-10-14-24(34-2)15-11-21/h3-15,18,28H,16-17,19H2,1-2H3/t28-/m0/s1. The van der Waals surface area contributed by atoms with Crippen molar-refractivity contribution in [2.45, 2.75) is 11.8 Å². The Balaban J connectivity index is 1.47. The highest BCUT2D eigenvalue weighted by Gasteiger charge is 2.35. The van der Waals surface area contributed by atoms with Gasteiger partial charge in [0.2, 0.25) is 5.91 Å². The third kappa shape index (κ3) is 4.91. The molecule has 0 unspecified atom stereocenters. The van der Waals surface area contributed by atoms with E-state index in [1.54, 1.807) is 26.0 Å². The van der Waals surface area contributed by atoms with Crippen molar-refractivity contribution in [2.24, 2.45) is 0 Å². The fraction of sp³-hybridized carbons (Fsp3) is 0.214. The number of carbonyl (C=O) groups excluding carboxylic acids is 1. The zero-order chi connectivity index (χ0) is 24.2. The lowest BCUT2D eigenvalue weighted by Crippen LogP contribution is -2.30. The fourth-order valence-corrected chi connectivity index (χ4v) is 5.47. The second kappa shape index (κ2) is 10.3. The van der Waals surface area contributed by atoms with Crippen LogP contribution in [0.3, 0.4) is 0 Å². The van der Waals surface area contributed by atoms with Crippen molar-refractivity contribution in [3.8, 4) is 28.4 Å². The summed E-state index contributed by atoms with van der Waals surface area (Å²) in [4.78, 5) is 14.9. The Kier molecular flexibility index (Phi) is 6.77. The van der Waals surface area contributed by atoms with Crippen LogP contribution in [0.2, 0.25) is 0 Å². The fourth-order valence-electron chi connectivity index (χ4n) is 4.25. The minimum absolute atomic E-state index is 0.102. The maximum Gasteiger partial charge on any atom is 0.233 e. The van der Waals surface area contributed by atoms with Crippen LogP contribution < -0.4 is 9.47 Å². The van der Waals surface area contributed by atoms with Gasteiger partial charge >= 0.3 is 0 Å². The number of ether oxygens (including phenoxy) is 2. The zero-order valence-corrected chi connectivity index (χ0v) is 20.6. The molecule has 0 radical (unpaired) electrons. The van der Waals surface area contributed by atoms with Gasteiger partial charge in [-0.2, -0.15) is 5.10 Å². The van der Waals surface area contributed by atoms with Gasteiger partial charge in [0.25, 0.3) is 0 Å². The van der Waals surface area contributed by atoms with E-state index in [1.807, 2.05) is 76.3 Å². The molecule has 178 valence electrons. The molecule has 0 aliphatic carbocycles. The van der Waals surface area contributed by atoms with Crippen molar-refractivity contribution >= 4 is 17.7 Å². The second-order valence-corrected chi connectivity index (χ2v) is 9.36. The van der Waals surface area contributed by atoms with Crippen molar-refractivity contribution in [3.63, 3.8) is 0 Å². The molecule has 1 aromatic heterocycles. The van der Waals surface area contributed by atoms with Crippen LogP contribution in [0, 0.1) is 0 Å². The average molecular weight is 486 g/mol. The number of hydrogen-bond donors (Lipinski definition) is 0. The molecule has 7 heteroatoms. The van der Waals surface area contributed by atoms with Crippen LogP contribution in [-0.2, 0) is 11.2 Å². The monoisotopic (exact) mass is 485 g/mol. The summed E-state index contributed by atoms with van der Waals surface area (Å²) in [6.45, 7) is 0.640. The number of amides is 1. The Morgan fingerprint density at radius 2 is 1.57 bits per heavy atom. The Labute approximate surface area is 209 Å². The summed E-state index contributed by atoms with van der Waals surface area (Å²) < 4.78 is 12.5. The summed E-state index contributed by atoms with van der Waals surface area (Å²) >= 11 is 1.66. The van der Waals surface area contributed by atoms with Crippen LogP contribution >= 0.6 is 11.8 Å². The molecular weight excluding hydrogens is 458 g/mol. The highest BCUT2D eigenvalue weighted by atomic mass is 32.2. The number of benzene rings is 3. The van der Waals surface area contributed by atoms with Crippen molar-refractivity contribution < 1.29 is 14.3 Å². The molecule has 0 spiro atoms. The minimum Gasteiger partial charge on any atom is -0.497 e. The first kappa shape index (κ1) is 23.1. The van der Waals surface area contributed by atoms with Crippen LogP contribution in [-0.4, -0.2) is 47.1 Å². The Hall–Kier alpha value is -3.71. The normalized spacial score (nSPS) is 15.4. The largest absolute Gasteiger partial charge is 0.497 e. The molecule has 1 atom stereocenters. The topological polar surface area (TPSA) is 56.6 Å². The molecule has 0 saturated carbocycles. The minimum atomic E-state index is -0.102. The molecule has 1 aliphatic rings. The molecule has 1 amide bonds. The molecule has 0 bridgehead atoms. The van der Waals surface area contributed by atoms with Gasteiger partial charge in [0.05, 0.1) is 31.4 Å². The Morgan fingerprint density at radius 3 is 2.23 bits per heavy atom. The number of aromatic nitrogens is 2. The van der Waals surface area contributed by atoms with Crippen LogP contribution in [0.4, 0.5) is 0 Å². The number of thioether (sulfide) groups is 1. The molecule has 2 heterocycles. The number of rotatable bonds is 8. The van der Waals surface area contributed by atoms with E-state index in [2.05, 4.69) is 18.3 Å². The van der Waals surface area contributed by atoms with Gasteiger partial charge in [-0.3, -0.25) is 4.79 Å². The predicted octanol–water partition coefficient (Wildman–Crippen LogP) is 5.37. The molecule has 0 N–H and O–H groups in total. The summed E-state index contributed by atoms with van der Waals surface area (Å²) in [7, 11) is 3.32. The van der Waals surface area contributed by atoms with Gasteiger partial charge in [0.1, 0.15) is 16.9 Å². The van der Waals surface area contributed by atoms with Gasteiger partial charge in [0.15, 0.2) is 0 Å². The highest BCUT2D eigenvalue weighted by molar-refractivity contribution is 8.00. The maximum absolute atomic E-state index is 12.9. The summed E-state index contributed by atoms with van der Waals surface area (Å²) in [6.07, 6.45) is 2.84. The van der Waals surface area contributed by atoms with Gasteiger partial charge in [0, 0.05) is 23.9 Å². The van der Waals surface area contributed by atoms with Gasteiger partial charge in [-0.15, -0.1) is 11.8 Å². The lowest BCUT2D eigenvalue weighted by molar-refractivity contribution is -0.128. The van der Waals surface area contributed by atoms with Crippen LogP contribution in [0.1, 0.15) is 16.5 Å². The SMILES string of the molecule is COc1ccc(CCN2C(=O)CS[C@H]2c2cn(-c3ccccc3)nc2-c2ccc(OC)cc2)cc1. The lowest BCUT2D eigenvalue weighted by Gasteiger charge is -2.24. The van der Waals surface area contributed by atoms with Crippen molar-refractivity contribution in [1.82, 2.24) is 14.7 Å². The van der Waals surface area contributed by atoms with E-state index in [9.17, 15) is 4.79 Å². The quantitative estimate of drug-likeness (QED) is 0.336. The Morgan fingerprint density at radius 1 is 0.914 bits per heavy atom. The molecule has 3 aromatic carbocycles. The van der Waals surface area contributed by atoms with E-state index in [-0.39, 0.29) is 11.3 Å². The molecule has 1 aliphatic heterocycles. The summed E-state index contributed by atoms with van der Waals surface area (Å²) in [5.41, 5.74) is 5.05. The summed E-state index contributed by atoms with van der Waals surface area (Å²) in [6, 6.07) is 26.0. The second-order valence-electron chi connectivity index (χ2n) is 8.29. The van der Waals surface area contributed by atoms with Crippen molar-refractivity contribution in [1.29, 1.82) is 0 Å². The summed E-state index contributed by atoms with van der Waals surface area (Å²) in [5, 5.41) is 4.86. The number of methoxy groups -OCH3 is 2. The van der Waals surface area contributed by atoms with Crippen LogP contribution in [0.5, 0.6) is 11.5 Å². The van der Waals surface area contributed by atoms with Crippen LogP contribution in [0.25, 0.3) is 16.9 Å².